The molecule has 0 fully saturated rings. The Balaban J connectivity index is 2.03. The lowest BCUT2D eigenvalue weighted by atomic mass is 10.1. The Kier molecular flexibility index (Phi) is 4.60. The van der Waals surface area contributed by atoms with Gasteiger partial charge in [-0.15, -0.1) is 0 Å². The van der Waals surface area contributed by atoms with E-state index in [1.165, 1.54) is 0 Å². The Labute approximate surface area is 118 Å². The van der Waals surface area contributed by atoms with Crippen LogP contribution in [0.4, 0.5) is 5.69 Å². The zero-order valence-electron chi connectivity index (χ0n) is 11.4. The van der Waals surface area contributed by atoms with Gasteiger partial charge in [-0.3, -0.25) is 4.79 Å². The second-order valence-electron chi connectivity index (χ2n) is 4.43. The molecule has 2 aromatic carbocycles. The van der Waals surface area contributed by atoms with E-state index in [1.54, 1.807) is 30.3 Å². The molecule has 0 radical (unpaired) electrons. The van der Waals surface area contributed by atoms with Gasteiger partial charge < -0.3 is 15.7 Å². The molecule has 0 bridgehead atoms. The Morgan fingerprint density at radius 1 is 1.10 bits per heavy atom. The molecular formula is C16H18N2O2. The smallest absolute Gasteiger partial charge is 0.253 e. The fourth-order valence-corrected chi connectivity index (χ4v) is 1.92. The highest BCUT2D eigenvalue weighted by Gasteiger charge is 2.09. The predicted octanol–water partition coefficient (Wildman–Crippen LogP) is 2.75. The van der Waals surface area contributed by atoms with Crippen molar-refractivity contribution in [1.82, 2.24) is 5.32 Å². The topological polar surface area (TPSA) is 61.4 Å². The van der Waals surface area contributed by atoms with Crippen LogP contribution in [0.2, 0.25) is 0 Å². The van der Waals surface area contributed by atoms with Crippen molar-refractivity contribution in [3.63, 3.8) is 0 Å². The zero-order chi connectivity index (χ0) is 14.4. The summed E-state index contributed by atoms with van der Waals surface area (Å²) in [5.74, 6) is 0.104. The maximum Gasteiger partial charge on any atom is 0.253 e. The number of para-hydroxylation sites is 1. The second kappa shape index (κ2) is 6.61. The van der Waals surface area contributed by atoms with E-state index in [0.717, 1.165) is 17.8 Å². The molecule has 2 rings (SSSR count). The molecule has 0 saturated carbocycles. The van der Waals surface area contributed by atoms with Crippen LogP contribution in [0, 0.1) is 0 Å². The standard InChI is InChI=1S/C16H18N2O2/c1-2-17-15-6-4-3-5-14(15)16(20)18-11-12-7-9-13(19)10-8-12/h3-10,17,19H,2,11H2,1H3,(H,18,20). The van der Waals surface area contributed by atoms with Crippen LogP contribution in [-0.2, 0) is 6.54 Å². The molecule has 4 nitrogen and oxygen atoms in total. The van der Waals surface area contributed by atoms with Crippen molar-refractivity contribution in [2.75, 3.05) is 11.9 Å². The average molecular weight is 270 g/mol. The van der Waals surface area contributed by atoms with E-state index < -0.39 is 0 Å². The summed E-state index contributed by atoms with van der Waals surface area (Å²) in [6.07, 6.45) is 0. The van der Waals surface area contributed by atoms with Crippen molar-refractivity contribution >= 4 is 11.6 Å². The van der Waals surface area contributed by atoms with Gasteiger partial charge in [0.25, 0.3) is 5.91 Å². The number of carbonyl (C=O) groups excluding carboxylic acids is 1. The predicted molar refractivity (Wildman–Crippen MR) is 79.9 cm³/mol. The van der Waals surface area contributed by atoms with E-state index in [2.05, 4.69) is 10.6 Å². The summed E-state index contributed by atoms with van der Waals surface area (Å²) in [5.41, 5.74) is 2.41. The minimum atomic E-state index is -0.116. The van der Waals surface area contributed by atoms with Gasteiger partial charge in [0.15, 0.2) is 0 Å². The number of anilines is 1. The van der Waals surface area contributed by atoms with Gasteiger partial charge in [-0.1, -0.05) is 24.3 Å². The highest BCUT2D eigenvalue weighted by Crippen LogP contribution is 2.15. The van der Waals surface area contributed by atoms with Crippen LogP contribution in [0.15, 0.2) is 48.5 Å². The second-order valence-corrected chi connectivity index (χ2v) is 4.43. The molecule has 0 atom stereocenters. The molecule has 1 amide bonds. The molecular weight excluding hydrogens is 252 g/mol. The maximum atomic E-state index is 12.2. The minimum Gasteiger partial charge on any atom is -0.508 e. The van der Waals surface area contributed by atoms with Crippen molar-refractivity contribution in [3.05, 3.63) is 59.7 Å². The summed E-state index contributed by atoms with van der Waals surface area (Å²) >= 11 is 0. The lowest BCUT2D eigenvalue weighted by Gasteiger charge is -2.11. The number of hydrogen-bond donors (Lipinski definition) is 3. The first-order valence-electron chi connectivity index (χ1n) is 6.59. The van der Waals surface area contributed by atoms with Crippen LogP contribution in [-0.4, -0.2) is 17.6 Å². The fraction of sp³-hybridized carbons (Fsp3) is 0.188. The van der Waals surface area contributed by atoms with Crippen LogP contribution in [0.1, 0.15) is 22.8 Å². The van der Waals surface area contributed by atoms with Crippen LogP contribution in [0.25, 0.3) is 0 Å². The van der Waals surface area contributed by atoms with E-state index in [9.17, 15) is 9.90 Å². The van der Waals surface area contributed by atoms with E-state index in [-0.39, 0.29) is 11.7 Å². The number of benzene rings is 2. The van der Waals surface area contributed by atoms with Crippen molar-refractivity contribution in [2.24, 2.45) is 0 Å². The van der Waals surface area contributed by atoms with Gasteiger partial charge in [0.1, 0.15) is 5.75 Å². The summed E-state index contributed by atoms with van der Waals surface area (Å²) in [7, 11) is 0. The number of carbonyl (C=O) groups is 1. The third-order valence-corrected chi connectivity index (χ3v) is 2.93. The maximum absolute atomic E-state index is 12.2. The first-order chi connectivity index (χ1) is 9.70. The van der Waals surface area contributed by atoms with Crippen molar-refractivity contribution in [2.45, 2.75) is 13.5 Å². The molecule has 0 aliphatic heterocycles. The Morgan fingerprint density at radius 3 is 2.50 bits per heavy atom. The first kappa shape index (κ1) is 13.9. The number of nitrogens with one attached hydrogen (secondary N) is 2. The zero-order valence-corrected chi connectivity index (χ0v) is 11.4. The van der Waals surface area contributed by atoms with E-state index >= 15 is 0 Å². The van der Waals surface area contributed by atoms with Gasteiger partial charge in [-0.25, -0.2) is 0 Å². The highest BCUT2D eigenvalue weighted by atomic mass is 16.3. The third-order valence-electron chi connectivity index (χ3n) is 2.93. The number of rotatable bonds is 5. The summed E-state index contributed by atoms with van der Waals surface area (Å²) in [4.78, 5) is 12.2. The first-order valence-corrected chi connectivity index (χ1v) is 6.59. The molecule has 4 heteroatoms. The van der Waals surface area contributed by atoms with Crippen LogP contribution in [0.3, 0.4) is 0 Å². The molecule has 0 spiro atoms. The van der Waals surface area contributed by atoms with Crippen LogP contribution >= 0.6 is 0 Å². The Hall–Kier alpha value is -2.49. The Morgan fingerprint density at radius 2 is 1.80 bits per heavy atom. The molecule has 0 aromatic heterocycles. The molecule has 104 valence electrons. The lowest BCUT2D eigenvalue weighted by molar-refractivity contribution is 0.0951. The summed E-state index contributed by atoms with van der Waals surface area (Å²) in [5, 5.41) is 15.3. The van der Waals surface area contributed by atoms with E-state index in [1.807, 2.05) is 25.1 Å². The summed E-state index contributed by atoms with van der Waals surface area (Å²) in [6.45, 7) is 3.19. The van der Waals surface area contributed by atoms with Crippen molar-refractivity contribution in [1.29, 1.82) is 0 Å². The summed E-state index contributed by atoms with van der Waals surface area (Å²) in [6, 6.07) is 14.2. The van der Waals surface area contributed by atoms with Gasteiger partial charge in [0, 0.05) is 18.8 Å². The number of phenols is 1. The highest BCUT2D eigenvalue weighted by molar-refractivity contribution is 5.99. The molecule has 0 aliphatic rings. The van der Waals surface area contributed by atoms with Gasteiger partial charge in [-0.05, 0) is 36.8 Å². The minimum absolute atomic E-state index is 0.116. The monoisotopic (exact) mass is 270 g/mol. The molecule has 2 aromatic rings. The largest absolute Gasteiger partial charge is 0.508 e. The van der Waals surface area contributed by atoms with Gasteiger partial charge in [-0.2, -0.15) is 0 Å². The quantitative estimate of drug-likeness (QED) is 0.783. The number of hydrogen-bond acceptors (Lipinski definition) is 3. The number of phenolic OH excluding ortho intramolecular Hbond substituents is 1. The molecule has 0 unspecified atom stereocenters. The average Bonchev–Trinajstić information content (AvgIpc) is 2.47. The molecule has 3 N–H and O–H groups in total. The SMILES string of the molecule is CCNc1ccccc1C(=O)NCc1ccc(O)cc1. The molecule has 0 heterocycles. The van der Waals surface area contributed by atoms with Crippen LogP contribution in [0.5, 0.6) is 5.75 Å². The number of amides is 1. The molecule has 0 aliphatic carbocycles. The summed E-state index contributed by atoms with van der Waals surface area (Å²) < 4.78 is 0. The van der Waals surface area contributed by atoms with Crippen molar-refractivity contribution < 1.29 is 9.90 Å². The van der Waals surface area contributed by atoms with Gasteiger partial charge in [0.05, 0.1) is 5.56 Å². The van der Waals surface area contributed by atoms with Gasteiger partial charge in [0.2, 0.25) is 0 Å². The normalized spacial score (nSPS) is 10.1. The molecule has 0 saturated heterocycles. The third kappa shape index (κ3) is 3.51. The van der Waals surface area contributed by atoms with Gasteiger partial charge >= 0.3 is 0 Å². The van der Waals surface area contributed by atoms with Crippen LogP contribution < -0.4 is 10.6 Å². The number of aromatic hydroxyl groups is 1. The van der Waals surface area contributed by atoms with E-state index in [4.69, 9.17) is 0 Å². The lowest BCUT2D eigenvalue weighted by Crippen LogP contribution is -2.23. The van der Waals surface area contributed by atoms with Crippen molar-refractivity contribution in [3.8, 4) is 5.75 Å². The Bertz CT molecular complexity index is 579. The molecule has 20 heavy (non-hydrogen) atoms. The van der Waals surface area contributed by atoms with E-state index in [0.29, 0.717) is 12.1 Å². The fourth-order valence-electron chi connectivity index (χ4n) is 1.92.